The highest BCUT2D eigenvalue weighted by Gasteiger charge is 2.30. The normalized spacial score (nSPS) is 30.0. The zero-order chi connectivity index (χ0) is 12.5. The van der Waals surface area contributed by atoms with Crippen LogP contribution < -0.4 is 5.73 Å². The second-order valence-corrected chi connectivity index (χ2v) is 5.66. The topological polar surface area (TPSA) is 26.0 Å². The maximum absolute atomic E-state index is 13.6. The van der Waals surface area contributed by atoms with Gasteiger partial charge in [0.25, 0.3) is 0 Å². The molecule has 2 rings (SSSR count). The van der Waals surface area contributed by atoms with Crippen LogP contribution in [0.3, 0.4) is 0 Å². The van der Waals surface area contributed by atoms with Gasteiger partial charge in [-0.1, -0.05) is 31.9 Å². The van der Waals surface area contributed by atoms with Crippen LogP contribution in [0.5, 0.6) is 0 Å². The average molecular weight is 235 g/mol. The molecule has 17 heavy (non-hydrogen) atoms. The lowest BCUT2D eigenvalue weighted by atomic mass is 9.83. The Labute approximate surface area is 103 Å². The first-order valence-electron chi connectivity index (χ1n) is 6.57. The molecule has 1 saturated carbocycles. The smallest absolute Gasteiger partial charge is 0.126 e. The van der Waals surface area contributed by atoms with Crippen LogP contribution in [0.2, 0.25) is 0 Å². The number of benzene rings is 1. The Morgan fingerprint density at radius 1 is 1.29 bits per heavy atom. The SMILES string of the molecule is Cc1ccc(C2(N)CCCC(C)CC2)cc1F. The van der Waals surface area contributed by atoms with E-state index in [0.29, 0.717) is 5.56 Å². The van der Waals surface area contributed by atoms with Crippen LogP contribution in [0, 0.1) is 18.7 Å². The van der Waals surface area contributed by atoms with Crippen LogP contribution in [0.4, 0.5) is 4.39 Å². The highest BCUT2D eigenvalue weighted by atomic mass is 19.1. The Kier molecular flexibility index (Phi) is 3.53. The monoisotopic (exact) mass is 235 g/mol. The molecule has 2 heteroatoms. The molecule has 0 aliphatic heterocycles. The number of hydrogen-bond acceptors (Lipinski definition) is 1. The molecule has 1 aliphatic rings. The van der Waals surface area contributed by atoms with Crippen molar-refractivity contribution in [3.8, 4) is 0 Å². The molecular formula is C15H22FN. The summed E-state index contributed by atoms with van der Waals surface area (Å²) in [6.07, 6.45) is 5.48. The second kappa shape index (κ2) is 4.77. The van der Waals surface area contributed by atoms with Crippen molar-refractivity contribution >= 4 is 0 Å². The van der Waals surface area contributed by atoms with Gasteiger partial charge in [-0.2, -0.15) is 0 Å². The van der Waals surface area contributed by atoms with E-state index in [9.17, 15) is 4.39 Å². The predicted molar refractivity (Wildman–Crippen MR) is 69.3 cm³/mol. The van der Waals surface area contributed by atoms with Gasteiger partial charge in [-0.25, -0.2) is 4.39 Å². The second-order valence-electron chi connectivity index (χ2n) is 5.66. The fourth-order valence-electron chi connectivity index (χ4n) is 2.73. The van der Waals surface area contributed by atoms with Gasteiger partial charge in [0.1, 0.15) is 5.82 Å². The number of rotatable bonds is 1. The van der Waals surface area contributed by atoms with E-state index in [2.05, 4.69) is 6.92 Å². The molecular weight excluding hydrogens is 213 g/mol. The number of aryl methyl sites for hydroxylation is 1. The zero-order valence-electron chi connectivity index (χ0n) is 10.8. The van der Waals surface area contributed by atoms with E-state index >= 15 is 0 Å². The van der Waals surface area contributed by atoms with E-state index in [1.54, 1.807) is 13.0 Å². The Hall–Kier alpha value is -0.890. The van der Waals surface area contributed by atoms with Gasteiger partial charge < -0.3 is 5.73 Å². The van der Waals surface area contributed by atoms with Gasteiger partial charge >= 0.3 is 0 Å². The molecule has 2 atom stereocenters. The first-order chi connectivity index (χ1) is 8.01. The van der Waals surface area contributed by atoms with Crippen molar-refractivity contribution in [3.63, 3.8) is 0 Å². The quantitative estimate of drug-likeness (QED) is 0.734. The van der Waals surface area contributed by atoms with Gasteiger partial charge in [0.15, 0.2) is 0 Å². The molecule has 0 aromatic heterocycles. The third kappa shape index (κ3) is 2.68. The first-order valence-corrected chi connectivity index (χ1v) is 6.57. The highest BCUT2D eigenvalue weighted by molar-refractivity contribution is 5.29. The summed E-state index contributed by atoms with van der Waals surface area (Å²) in [7, 11) is 0. The standard InChI is InChI=1S/C15H22FN/c1-11-4-3-8-15(17,9-7-11)13-6-5-12(2)14(16)10-13/h5-6,10-11H,3-4,7-9,17H2,1-2H3. The largest absolute Gasteiger partial charge is 0.321 e. The molecule has 0 amide bonds. The molecule has 1 aromatic carbocycles. The van der Waals surface area contributed by atoms with Gasteiger partial charge in [0, 0.05) is 5.54 Å². The fraction of sp³-hybridized carbons (Fsp3) is 0.600. The Morgan fingerprint density at radius 3 is 2.76 bits per heavy atom. The molecule has 0 radical (unpaired) electrons. The van der Waals surface area contributed by atoms with Crippen molar-refractivity contribution < 1.29 is 4.39 Å². The molecule has 0 saturated heterocycles. The summed E-state index contributed by atoms with van der Waals surface area (Å²) < 4.78 is 13.6. The highest BCUT2D eigenvalue weighted by Crippen LogP contribution is 2.36. The maximum atomic E-state index is 13.6. The lowest BCUT2D eigenvalue weighted by Crippen LogP contribution is -2.36. The van der Waals surface area contributed by atoms with Crippen LogP contribution in [0.15, 0.2) is 18.2 Å². The van der Waals surface area contributed by atoms with Crippen LogP contribution in [-0.2, 0) is 5.54 Å². The van der Waals surface area contributed by atoms with Crippen LogP contribution in [-0.4, -0.2) is 0 Å². The average Bonchev–Trinajstić information content (AvgIpc) is 2.46. The third-order valence-electron chi connectivity index (χ3n) is 4.15. The van der Waals surface area contributed by atoms with Crippen molar-refractivity contribution in [3.05, 3.63) is 35.1 Å². The molecule has 2 unspecified atom stereocenters. The predicted octanol–water partition coefficient (Wildman–Crippen LogP) is 3.89. The Morgan fingerprint density at radius 2 is 2.06 bits per heavy atom. The van der Waals surface area contributed by atoms with Crippen LogP contribution >= 0.6 is 0 Å². The maximum Gasteiger partial charge on any atom is 0.126 e. The molecule has 0 bridgehead atoms. The third-order valence-corrected chi connectivity index (χ3v) is 4.15. The van der Waals surface area contributed by atoms with Gasteiger partial charge in [0.05, 0.1) is 0 Å². The van der Waals surface area contributed by atoms with Crippen molar-refractivity contribution in [2.45, 2.75) is 51.5 Å². The first kappa shape index (κ1) is 12.6. The fourth-order valence-corrected chi connectivity index (χ4v) is 2.73. The van der Waals surface area contributed by atoms with E-state index in [4.69, 9.17) is 5.73 Å². The Bertz CT molecular complexity index is 402. The van der Waals surface area contributed by atoms with Crippen molar-refractivity contribution in [1.82, 2.24) is 0 Å². The van der Waals surface area contributed by atoms with E-state index in [0.717, 1.165) is 37.2 Å². The van der Waals surface area contributed by atoms with Gasteiger partial charge in [-0.3, -0.25) is 0 Å². The molecule has 1 nitrogen and oxygen atoms in total. The van der Waals surface area contributed by atoms with Gasteiger partial charge in [-0.15, -0.1) is 0 Å². The molecule has 1 fully saturated rings. The van der Waals surface area contributed by atoms with Crippen molar-refractivity contribution in [1.29, 1.82) is 0 Å². The van der Waals surface area contributed by atoms with Crippen molar-refractivity contribution in [2.24, 2.45) is 11.7 Å². The summed E-state index contributed by atoms with van der Waals surface area (Å²) in [5, 5.41) is 0. The zero-order valence-corrected chi connectivity index (χ0v) is 10.8. The van der Waals surface area contributed by atoms with E-state index in [1.807, 2.05) is 12.1 Å². The lowest BCUT2D eigenvalue weighted by molar-refractivity contribution is 0.376. The Balaban J connectivity index is 2.27. The number of halogens is 1. The molecule has 1 aromatic rings. The minimum Gasteiger partial charge on any atom is -0.321 e. The molecule has 1 aliphatic carbocycles. The minimum atomic E-state index is -0.320. The molecule has 94 valence electrons. The molecule has 2 N–H and O–H groups in total. The van der Waals surface area contributed by atoms with E-state index in [-0.39, 0.29) is 11.4 Å². The molecule has 0 heterocycles. The number of nitrogens with two attached hydrogens (primary N) is 1. The van der Waals surface area contributed by atoms with E-state index in [1.165, 1.54) is 6.42 Å². The summed E-state index contributed by atoms with van der Waals surface area (Å²) in [6.45, 7) is 4.07. The van der Waals surface area contributed by atoms with Crippen LogP contribution in [0.25, 0.3) is 0 Å². The lowest BCUT2D eigenvalue weighted by Gasteiger charge is -2.29. The summed E-state index contributed by atoms with van der Waals surface area (Å²) in [6, 6.07) is 5.47. The number of hydrogen-bond donors (Lipinski definition) is 1. The van der Waals surface area contributed by atoms with Crippen molar-refractivity contribution in [2.75, 3.05) is 0 Å². The summed E-state index contributed by atoms with van der Waals surface area (Å²) >= 11 is 0. The molecule has 0 spiro atoms. The summed E-state index contributed by atoms with van der Waals surface area (Å²) in [4.78, 5) is 0. The van der Waals surface area contributed by atoms with Crippen LogP contribution in [0.1, 0.15) is 50.2 Å². The minimum absolute atomic E-state index is 0.135. The summed E-state index contributed by atoms with van der Waals surface area (Å²) in [5.41, 5.74) is 7.84. The van der Waals surface area contributed by atoms with Gasteiger partial charge in [0.2, 0.25) is 0 Å². The summed E-state index contributed by atoms with van der Waals surface area (Å²) in [5.74, 6) is 0.611. The van der Waals surface area contributed by atoms with E-state index < -0.39 is 0 Å². The van der Waals surface area contributed by atoms with Gasteiger partial charge in [-0.05, 0) is 49.3 Å².